The van der Waals surface area contributed by atoms with E-state index in [2.05, 4.69) is 28.2 Å². The van der Waals surface area contributed by atoms with Gasteiger partial charge in [0.15, 0.2) is 6.04 Å². The Bertz CT molecular complexity index is 899. The van der Waals surface area contributed by atoms with Crippen molar-refractivity contribution < 1.29 is 9.59 Å². The fraction of sp³-hybridized carbons (Fsp3) is 0.455. The van der Waals surface area contributed by atoms with Crippen molar-refractivity contribution in [2.75, 3.05) is 4.90 Å². The molecule has 0 spiro atoms. The Balaban J connectivity index is 1.66. The van der Waals surface area contributed by atoms with Crippen molar-refractivity contribution >= 4 is 33.4 Å². The summed E-state index contributed by atoms with van der Waals surface area (Å²) in [6, 6.07) is 9.19. The molecule has 1 fully saturated rings. The largest absolute Gasteiger partial charge is 0.351 e. The van der Waals surface area contributed by atoms with Gasteiger partial charge in [0, 0.05) is 22.4 Å². The van der Waals surface area contributed by atoms with E-state index in [1.165, 1.54) is 0 Å². The zero-order valence-electron chi connectivity index (χ0n) is 16.3. The van der Waals surface area contributed by atoms with Crippen LogP contribution in [0.15, 0.2) is 41.0 Å². The van der Waals surface area contributed by atoms with Crippen LogP contribution in [0.25, 0.3) is 0 Å². The topological polar surface area (TPSA) is 54.3 Å². The van der Waals surface area contributed by atoms with Gasteiger partial charge in [-0.15, -0.1) is 0 Å². The first-order valence-electron chi connectivity index (χ1n) is 9.97. The minimum atomic E-state index is -0.642. The third kappa shape index (κ3) is 3.62. The highest BCUT2D eigenvalue weighted by Crippen LogP contribution is 2.34. The summed E-state index contributed by atoms with van der Waals surface area (Å²) in [7, 11) is 0. The molecular formula is C22H26BrN3O2. The van der Waals surface area contributed by atoms with E-state index in [0.717, 1.165) is 53.0 Å². The second-order valence-electron chi connectivity index (χ2n) is 8.13. The summed E-state index contributed by atoms with van der Waals surface area (Å²) < 4.78 is 2.87. The summed E-state index contributed by atoms with van der Waals surface area (Å²) in [6.45, 7) is 4.51. The zero-order chi connectivity index (χ0) is 19.8. The van der Waals surface area contributed by atoms with Crippen molar-refractivity contribution in [2.24, 2.45) is 5.92 Å². The van der Waals surface area contributed by atoms with E-state index in [4.69, 9.17) is 0 Å². The number of aromatic nitrogens is 1. The number of hydrogen-bond acceptors (Lipinski definition) is 2. The third-order valence-corrected chi connectivity index (χ3v) is 6.90. The number of amides is 2. The molecule has 2 amide bonds. The molecule has 0 radical (unpaired) electrons. The number of nitrogens with zero attached hydrogens (tertiary/aromatic N) is 2. The normalized spacial score (nSPS) is 24.8. The van der Waals surface area contributed by atoms with E-state index in [0.29, 0.717) is 0 Å². The van der Waals surface area contributed by atoms with Crippen molar-refractivity contribution in [3.8, 4) is 0 Å². The molecule has 1 saturated carbocycles. The van der Waals surface area contributed by atoms with Gasteiger partial charge in [-0.05, 0) is 74.4 Å². The maximum absolute atomic E-state index is 13.4. The van der Waals surface area contributed by atoms with Crippen LogP contribution < -0.4 is 10.2 Å². The van der Waals surface area contributed by atoms with Gasteiger partial charge in [0.2, 0.25) is 11.8 Å². The van der Waals surface area contributed by atoms with Gasteiger partial charge in [0.25, 0.3) is 0 Å². The van der Waals surface area contributed by atoms with Crippen molar-refractivity contribution in [1.29, 1.82) is 0 Å². The third-order valence-electron chi connectivity index (χ3n) is 6.01. The molecule has 2 aromatic rings. The smallest absolute Gasteiger partial charge is 0.249 e. The fourth-order valence-corrected chi connectivity index (χ4v) is 4.57. The molecule has 1 aromatic heterocycles. The molecule has 2 heterocycles. The standard InChI is InChI=1S/C22H26BrN3O2/c1-14-5-7-16(8-6-14)24-22(28)21-19-4-3-11-25(19)13-20(27)26(21)17-9-10-18(23)15(2)12-17/h3-4,9-12,14,16,21H,5-8,13H2,1-2H3,(H,24,28). The highest BCUT2D eigenvalue weighted by molar-refractivity contribution is 9.10. The minimum absolute atomic E-state index is 0.0668. The van der Waals surface area contributed by atoms with Gasteiger partial charge in [-0.2, -0.15) is 0 Å². The van der Waals surface area contributed by atoms with Gasteiger partial charge in [-0.1, -0.05) is 22.9 Å². The van der Waals surface area contributed by atoms with Crippen LogP contribution in [0.5, 0.6) is 0 Å². The van der Waals surface area contributed by atoms with E-state index in [1.807, 2.05) is 48.0 Å². The lowest BCUT2D eigenvalue weighted by molar-refractivity contribution is -0.128. The summed E-state index contributed by atoms with van der Waals surface area (Å²) >= 11 is 3.52. The molecule has 0 saturated heterocycles. The predicted molar refractivity (Wildman–Crippen MR) is 113 cm³/mol. The number of fused-ring (bicyclic) bond motifs is 1. The summed E-state index contributed by atoms with van der Waals surface area (Å²) in [5.74, 6) is 0.569. The molecule has 5 nitrogen and oxygen atoms in total. The first kappa shape index (κ1) is 19.2. The Morgan fingerprint density at radius 3 is 2.64 bits per heavy atom. The number of nitrogens with one attached hydrogen (secondary N) is 1. The van der Waals surface area contributed by atoms with E-state index >= 15 is 0 Å². The molecule has 28 heavy (non-hydrogen) atoms. The summed E-state index contributed by atoms with van der Waals surface area (Å²) in [5, 5.41) is 3.23. The maximum Gasteiger partial charge on any atom is 0.249 e. The van der Waals surface area contributed by atoms with Gasteiger partial charge < -0.3 is 9.88 Å². The molecule has 1 aromatic carbocycles. The number of aryl methyl sites for hydroxylation is 1. The quantitative estimate of drug-likeness (QED) is 0.766. The molecule has 148 valence electrons. The molecule has 1 aliphatic carbocycles. The van der Waals surface area contributed by atoms with Gasteiger partial charge in [-0.3, -0.25) is 14.5 Å². The second-order valence-corrected chi connectivity index (χ2v) is 8.98. The number of rotatable bonds is 3. The van der Waals surface area contributed by atoms with E-state index in [1.54, 1.807) is 4.90 Å². The van der Waals surface area contributed by atoms with Crippen molar-refractivity contribution in [3.05, 3.63) is 52.3 Å². The molecule has 0 bridgehead atoms. The fourth-order valence-electron chi connectivity index (χ4n) is 4.33. The van der Waals surface area contributed by atoms with Gasteiger partial charge in [0.1, 0.15) is 6.54 Å². The van der Waals surface area contributed by atoms with Crippen LogP contribution in [0.1, 0.15) is 49.9 Å². The average molecular weight is 444 g/mol. The van der Waals surface area contributed by atoms with Crippen LogP contribution in [0.3, 0.4) is 0 Å². The van der Waals surface area contributed by atoms with Crippen LogP contribution in [0.4, 0.5) is 5.69 Å². The number of benzene rings is 1. The minimum Gasteiger partial charge on any atom is -0.351 e. The summed E-state index contributed by atoms with van der Waals surface area (Å²) in [4.78, 5) is 28.0. The summed E-state index contributed by atoms with van der Waals surface area (Å²) in [6.07, 6.45) is 6.17. The molecule has 1 N–H and O–H groups in total. The number of carbonyl (C=O) groups is 2. The lowest BCUT2D eigenvalue weighted by Gasteiger charge is -2.37. The Hall–Kier alpha value is -2.08. The SMILES string of the molecule is Cc1cc(N2C(=O)Cn3cccc3C2C(=O)NC2CCC(C)CC2)ccc1Br. The van der Waals surface area contributed by atoms with E-state index in [9.17, 15) is 9.59 Å². The monoisotopic (exact) mass is 443 g/mol. The van der Waals surface area contributed by atoms with Gasteiger partial charge in [0.05, 0.1) is 5.69 Å². The van der Waals surface area contributed by atoms with E-state index < -0.39 is 6.04 Å². The zero-order valence-corrected chi connectivity index (χ0v) is 17.9. The van der Waals surface area contributed by atoms with Crippen molar-refractivity contribution in [3.63, 3.8) is 0 Å². The number of halogens is 1. The number of carbonyl (C=O) groups excluding carboxylic acids is 2. The highest BCUT2D eigenvalue weighted by Gasteiger charge is 2.39. The van der Waals surface area contributed by atoms with Crippen LogP contribution in [0, 0.1) is 12.8 Å². The Morgan fingerprint density at radius 2 is 1.93 bits per heavy atom. The number of anilines is 1. The lowest BCUT2D eigenvalue weighted by atomic mass is 9.87. The average Bonchev–Trinajstić information content (AvgIpc) is 3.12. The predicted octanol–water partition coefficient (Wildman–Crippen LogP) is 4.34. The van der Waals surface area contributed by atoms with E-state index in [-0.39, 0.29) is 24.4 Å². The highest BCUT2D eigenvalue weighted by atomic mass is 79.9. The van der Waals surface area contributed by atoms with Crippen LogP contribution in [-0.2, 0) is 16.1 Å². The van der Waals surface area contributed by atoms with Gasteiger partial charge >= 0.3 is 0 Å². The lowest BCUT2D eigenvalue weighted by Crippen LogP contribution is -2.51. The molecule has 1 aliphatic heterocycles. The molecule has 1 unspecified atom stereocenters. The molecule has 4 rings (SSSR count). The Morgan fingerprint density at radius 1 is 1.18 bits per heavy atom. The van der Waals surface area contributed by atoms with Crippen LogP contribution in [-0.4, -0.2) is 22.4 Å². The summed E-state index contributed by atoms with van der Waals surface area (Å²) in [5.41, 5.74) is 2.66. The Labute approximate surface area is 174 Å². The van der Waals surface area contributed by atoms with Crippen molar-refractivity contribution in [1.82, 2.24) is 9.88 Å². The molecule has 1 atom stereocenters. The molecule has 2 aliphatic rings. The maximum atomic E-state index is 13.4. The van der Waals surface area contributed by atoms with Gasteiger partial charge in [-0.25, -0.2) is 0 Å². The first-order valence-corrected chi connectivity index (χ1v) is 10.8. The second kappa shape index (κ2) is 7.74. The van der Waals surface area contributed by atoms with Crippen LogP contribution in [0.2, 0.25) is 0 Å². The van der Waals surface area contributed by atoms with Crippen molar-refractivity contribution in [2.45, 2.75) is 58.2 Å². The molecular weight excluding hydrogens is 418 g/mol. The first-order chi connectivity index (χ1) is 13.4. The number of hydrogen-bond donors (Lipinski definition) is 1. The molecule has 6 heteroatoms. The van der Waals surface area contributed by atoms with Crippen LogP contribution >= 0.6 is 15.9 Å². The Kier molecular flexibility index (Phi) is 5.32.